The monoisotopic (exact) mass is 501 g/mol. The van der Waals surface area contributed by atoms with Crippen LogP contribution in [0.25, 0.3) is 0 Å². The van der Waals surface area contributed by atoms with Crippen molar-refractivity contribution in [3.63, 3.8) is 0 Å². The maximum Gasteiger partial charge on any atom is 0.326 e. The molecule has 2 aliphatic heterocycles. The number of carboxylic acids is 1. The average Bonchev–Trinajstić information content (AvgIpc) is 3.16. The lowest BCUT2D eigenvalue weighted by Gasteiger charge is -2.37. The van der Waals surface area contributed by atoms with E-state index in [1.54, 1.807) is 13.8 Å². The van der Waals surface area contributed by atoms with Crippen molar-refractivity contribution in [1.29, 1.82) is 0 Å². The first-order chi connectivity index (χ1) is 13.9. The number of piperidine rings is 1. The fraction of sp³-hybridized carbons (Fsp3) is 0.667. The number of carboxylic acid groups (broad SMARTS) is 1. The van der Waals surface area contributed by atoms with Crippen LogP contribution < -0.4 is 0 Å². The molecule has 1 saturated carbocycles. The minimum atomic E-state index is -4.06. The largest absolute Gasteiger partial charge is 0.480 e. The van der Waals surface area contributed by atoms with Crippen LogP contribution in [0.2, 0.25) is 0 Å². The highest BCUT2D eigenvalue weighted by Crippen LogP contribution is 2.48. The molecule has 0 amide bonds. The maximum atomic E-state index is 13.5. The molecule has 2 heterocycles. The molecule has 3 fully saturated rings. The third-order valence-corrected chi connectivity index (χ3v) is 10.1. The van der Waals surface area contributed by atoms with E-state index in [0.29, 0.717) is 25.9 Å². The first-order valence-electron chi connectivity index (χ1n) is 10.3. The molecule has 0 unspecified atom stereocenters. The molecule has 9 heteroatoms. The van der Waals surface area contributed by atoms with Gasteiger partial charge in [0.05, 0.1) is 12.2 Å². The summed E-state index contributed by atoms with van der Waals surface area (Å²) in [4.78, 5) is 12.2. The van der Waals surface area contributed by atoms with E-state index in [0.717, 1.165) is 10.0 Å². The molecule has 2 saturated heterocycles. The highest BCUT2D eigenvalue weighted by molar-refractivity contribution is 9.10. The number of aliphatic carboxylic acids is 1. The van der Waals surface area contributed by atoms with Crippen molar-refractivity contribution in [2.24, 2.45) is 0 Å². The molecule has 30 heavy (non-hydrogen) atoms. The summed E-state index contributed by atoms with van der Waals surface area (Å²) in [5.74, 6) is -1.86. The van der Waals surface area contributed by atoms with E-state index in [4.69, 9.17) is 9.47 Å². The molecule has 0 radical (unpaired) electrons. The lowest BCUT2D eigenvalue weighted by molar-refractivity contribution is -0.159. The van der Waals surface area contributed by atoms with Gasteiger partial charge in [-0.05, 0) is 56.7 Å². The van der Waals surface area contributed by atoms with Crippen LogP contribution in [0.1, 0.15) is 56.6 Å². The first-order valence-corrected chi connectivity index (χ1v) is 12.5. The van der Waals surface area contributed by atoms with Gasteiger partial charge in [-0.15, -0.1) is 0 Å². The topological polar surface area (TPSA) is 93.1 Å². The Kier molecular flexibility index (Phi) is 5.59. The highest BCUT2D eigenvalue weighted by atomic mass is 79.9. The van der Waals surface area contributed by atoms with Crippen molar-refractivity contribution >= 4 is 31.9 Å². The molecule has 1 aliphatic carbocycles. The van der Waals surface area contributed by atoms with Crippen LogP contribution in [0.3, 0.4) is 0 Å². The van der Waals surface area contributed by atoms with Gasteiger partial charge in [-0.2, -0.15) is 0 Å². The SMILES string of the molecule is Cc1cc(C2CCN(S(=O)(=O)[C@@]3(C(=O)O)C[C@@H]4OC(C)(C)O[C@@H]4C3)CC2)ccc1Br. The Bertz CT molecular complexity index is 938. The number of hydrogen-bond acceptors (Lipinski definition) is 5. The Morgan fingerprint density at radius 1 is 1.17 bits per heavy atom. The average molecular weight is 502 g/mol. The molecule has 0 bridgehead atoms. The fourth-order valence-corrected chi connectivity index (χ4v) is 7.49. The van der Waals surface area contributed by atoms with Gasteiger partial charge in [0.2, 0.25) is 10.0 Å². The molecule has 3 atom stereocenters. The van der Waals surface area contributed by atoms with Crippen molar-refractivity contribution in [2.75, 3.05) is 13.1 Å². The number of halogens is 1. The Labute approximate surface area is 185 Å². The number of benzene rings is 1. The van der Waals surface area contributed by atoms with Gasteiger partial charge in [-0.3, -0.25) is 4.79 Å². The molecular formula is C21H28BrNO6S. The third kappa shape index (κ3) is 3.62. The summed E-state index contributed by atoms with van der Waals surface area (Å²) >= 11 is 3.51. The van der Waals surface area contributed by atoms with E-state index in [9.17, 15) is 18.3 Å². The van der Waals surface area contributed by atoms with Gasteiger partial charge in [-0.1, -0.05) is 28.1 Å². The predicted octanol–water partition coefficient (Wildman–Crippen LogP) is 3.40. The van der Waals surface area contributed by atoms with Crippen LogP contribution in [0.5, 0.6) is 0 Å². The fourth-order valence-electron chi connectivity index (χ4n) is 5.08. The summed E-state index contributed by atoms with van der Waals surface area (Å²) in [5, 5.41) is 9.98. The Morgan fingerprint density at radius 3 is 2.23 bits per heavy atom. The molecule has 3 aliphatic rings. The van der Waals surface area contributed by atoms with Crippen molar-refractivity contribution in [3.8, 4) is 0 Å². The van der Waals surface area contributed by atoms with Crippen LogP contribution >= 0.6 is 15.9 Å². The van der Waals surface area contributed by atoms with E-state index < -0.39 is 38.7 Å². The zero-order valence-corrected chi connectivity index (χ0v) is 19.8. The van der Waals surface area contributed by atoms with Crippen molar-refractivity contribution < 1.29 is 27.8 Å². The Balaban J connectivity index is 1.51. The summed E-state index contributed by atoms with van der Waals surface area (Å²) in [6.07, 6.45) is 0.143. The number of rotatable bonds is 4. The van der Waals surface area contributed by atoms with Crippen LogP contribution in [0.15, 0.2) is 22.7 Å². The molecule has 0 spiro atoms. The number of aryl methyl sites for hydroxylation is 1. The van der Waals surface area contributed by atoms with Crippen molar-refractivity contribution in [3.05, 3.63) is 33.8 Å². The third-order valence-electron chi connectivity index (χ3n) is 6.68. The second-order valence-corrected chi connectivity index (χ2v) is 12.2. The molecule has 4 rings (SSSR count). The molecule has 1 aromatic rings. The first kappa shape index (κ1) is 22.2. The van der Waals surface area contributed by atoms with Crippen molar-refractivity contribution in [2.45, 2.75) is 75.1 Å². The molecule has 1 aromatic carbocycles. The summed E-state index contributed by atoms with van der Waals surface area (Å²) in [6, 6.07) is 6.22. The second kappa shape index (κ2) is 7.55. The normalized spacial score (nSPS) is 32.3. The standard InChI is InChI=1S/C21H28BrNO6S/c1-13-10-15(4-5-16(13)22)14-6-8-23(9-7-14)30(26,27)21(19(24)25)11-17-18(12-21)29-20(2,3)28-17/h4-5,10,14,17-18H,6-9,11-12H2,1-3H3,(H,24,25)/t17-,18+,21-. The molecule has 166 valence electrons. The van der Waals surface area contributed by atoms with E-state index >= 15 is 0 Å². The minimum Gasteiger partial charge on any atom is -0.480 e. The molecule has 1 N–H and O–H groups in total. The predicted molar refractivity (Wildman–Crippen MR) is 115 cm³/mol. The van der Waals surface area contributed by atoms with E-state index in [-0.39, 0.29) is 18.8 Å². The second-order valence-electron chi connectivity index (χ2n) is 9.11. The smallest absolute Gasteiger partial charge is 0.326 e. The number of fused-ring (bicyclic) bond motifs is 1. The molecule has 7 nitrogen and oxygen atoms in total. The number of ether oxygens (including phenoxy) is 2. The van der Waals surface area contributed by atoms with E-state index in [1.807, 2.05) is 13.0 Å². The van der Waals surface area contributed by atoms with Crippen LogP contribution in [0, 0.1) is 6.92 Å². The summed E-state index contributed by atoms with van der Waals surface area (Å²) in [6.45, 7) is 6.19. The highest BCUT2D eigenvalue weighted by Gasteiger charge is 2.65. The van der Waals surface area contributed by atoms with Crippen LogP contribution in [0.4, 0.5) is 0 Å². The van der Waals surface area contributed by atoms with Crippen LogP contribution in [-0.4, -0.2) is 59.6 Å². The summed E-state index contributed by atoms with van der Waals surface area (Å²) in [7, 11) is -4.06. The number of hydrogen-bond donors (Lipinski definition) is 1. The van der Waals surface area contributed by atoms with Gasteiger partial charge >= 0.3 is 5.97 Å². The quantitative estimate of drug-likeness (QED) is 0.679. The summed E-state index contributed by atoms with van der Waals surface area (Å²) in [5.41, 5.74) is 2.34. The van der Waals surface area contributed by atoms with E-state index in [2.05, 4.69) is 28.1 Å². The van der Waals surface area contributed by atoms with Crippen LogP contribution in [-0.2, 0) is 24.3 Å². The number of carbonyl (C=O) groups is 1. The van der Waals surface area contributed by atoms with Gasteiger partial charge in [0.1, 0.15) is 0 Å². The number of nitrogens with zero attached hydrogens (tertiary/aromatic N) is 1. The maximum absolute atomic E-state index is 13.5. The van der Waals surface area contributed by atoms with Gasteiger partial charge in [0.15, 0.2) is 10.5 Å². The zero-order valence-electron chi connectivity index (χ0n) is 17.4. The minimum absolute atomic E-state index is 0.0788. The van der Waals surface area contributed by atoms with Gasteiger partial charge in [0.25, 0.3) is 0 Å². The lowest BCUT2D eigenvalue weighted by atomic mass is 9.89. The number of sulfonamides is 1. The Morgan fingerprint density at radius 2 is 1.73 bits per heavy atom. The Hall–Kier alpha value is -1.00. The van der Waals surface area contributed by atoms with Gasteiger partial charge in [0, 0.05) is 30.4 Å². The zero-order chi connectivity index (χ0) is 21.9. The molecule has 0 aromatic heterocycles. The summed E-state index contributed by atoms with van der Waals surface area (Å²) < 4.78 is 39.1. The van der Waals surface area contributed by atoms with Gasteiger partial charge in [-0.25, -0.2) is 12.7 Å². The van der Waals surface area contributed by atoms with E-state index in [1.165, 1.54) is 9.87 Å². The lowest BCUT2D eigenvalue weighted by Crippen LogP contribution is -2.54. The van der Waals surface area contributed by atoms with Crippen molar-refractivity contribution in [1.82, 2.24) is 4.31 Å². The van der Waals surface area contributed by atoms with Gasteiger partial charge < -0.3 is 14.6 Å². The molecular weight excluding hydrogens is 474 g/mol.